The maximum atomic E-state index is 13.1. The van der Waals surface area contributed by atoms with Crippen LogP contribution in [0.5, 0.6) is 0 Å². The van der Waals surface area contributed by atoms with Crippen LogP contribution in [-0.4, -0.2) is 34.4 Å². The number of carbonyl (C=O) groups excluding carboxylic acids is 2. The van der Waals surface area contributed by atoms with Crippen LogP contribution >= 0.6 is 0 Å². The Kier molecular flexibility index (Phi) is 14.1. The van der Waals surface area contributed by atoms with Gasteiger partial charge in [-0.2, -0.15) is 0 Å². The number of allylic oxidation sites excluding steroid dienone is 10. The van der Waals surface area contributed by atoms with Crippen molar-refractivity contribution in [3.63, 3.8) is 0 Å². The van der Waals surface area contributed by atoms with Crippen LogP contribution in [0.15, 0.2) is 58.7 Å². The molecule has 0 heterocycles. The summed E-state index contributed by atoms with van der Waals surface area (Å²) >= 11 is 0. The Morgan fingerprint density at radius 1 is 0.769 bits per heavy atom. The molecule has 0 aromatic carbocycles. The summed E-state index contributed by atoms with van der Waals surface area (Å²) in [6.45, 7) is 15.8. The molecule has 0 spiro atoms. The number of aliphatic carboxylic acids is 1. The Morgan fingerprint density at radius 2 is 1.18 bits per heavy atom. The molecule has 2 aliphatic rings. The standard InChI is InChI=1S/C32H46O5.C2H6/c1-22-17-24(11-7-9-15-31(3,4)21-33)28(34)26(19-22)13-14-27-20-23(2)18-25(29(27)35)12-8-10-16-32(5,6)30(36)37;1-2/h13-14,17-20,22-23,33H,7-12,15-16,21H2,1-6H3,(H,36,37);1-2H3/b14-13-;. The lowest BCUT2D eigenvalue weighted by molar-refractivity contribution is -0.147. The second-order valence-electron chi connectivity index (χ2n) is 12.3. The number of aliphatic hydroxyl groups is 1. The first-order valence-corrected chi connectivity index (χ1v) is 14.7. The summed E-state index contributed by atoms with van der Waals surface area (Å²) in [5, 5.41) is 18.7. The van der Waals surface area contributed by atoms with Gasteiger partial charge >= 0.3 is 5.97 Å². The molecular weight excluding hydrogens is 488 g/mol. The van der Waals surface area contributed by atoms with Crippen molar-refractivity contribution in [1.29, 1.82) is 0 Å². The van der Waals surface area contributed by atoms with Crippen molar-refractivity contribution in [2.45, 2.75) is 107 Å². The van der Waals surface area contributed by atoms with Crippen molar-refractivity contribution in [2.24, 2.45) is 22.7 Å². The van der Waals surface area contributed by atoms with Gasteiger partial charge in [0.25, 0.3) is 0 Å². The summed E-state index contributed by atoms with van der Waals surface area (Å²) in [6, 6.07) is 0. The Labute approximate surface area is 236 Å². The van der Waals surface area contributed by atoms with Gasteiger partial charge in [0.2, 0.25) is 0 Å². The lowest BCUT2D eigenvalue weighted by Gasteiger charge is -2.21. The first kappa shape index (κ1) is 34.5. The molecule has 2 atom stereocenters. The largest absolute Gasteiger partial charge is 0.481 e. The highest BCUT2D eigenvalue weighted by Gasteiger charge is 2.27. The van der Waals surface area contributed by atoms with Gasteiger partial charge in [0, 0.05) is 17.8 Å². The van der Waals surface area contributed by atoms with Gasteiger partial charge in [-0.3, -0.25) is 14.4 Å². The number of ketones is 2. The van der Waals surface area contributed by atoms with Crippen LogP contribution in [0.4, 0.5) is 0 Å². The first-order chi connectivity index (χ1) is 18.3. The third-order valence-electron chi connectivity index (χ3n) is 7.42. The molecule has 0 aliphatic heterocycles. The smallest absolute Gasteiger partial charge is 0.309 e. The summed E-state index contributed by atoms with van der Waals surface area (Å²) in [5.41, 5.74) is 2.00. The highest BCUT2D eigenvalue weighted by molar-refractivity contribution is 6.13. The molecule has 2 N–H and O–H groups in total. The average molecular weight is 541 g/mol. The van der Waals surface area contributed by atoms with Gasteiger partial charge in [-0.25, -0.2) is 0 Å². The summed E-state index contributed by atoms with van der Waals surface area (Å²) < 4.78 is 0. The molecular formula is C34H52O5. The summed E-state index contributed by atoms with van der Waals surface area (Å²) in [6.07, 6.45) is 17.7. The number of carboxylic acids is 1. The quantitative estimate of drug-likeness (QED) is 0.218. The van der Waals surface area contributed by atoms with E-state index in [1.807, 2.05) is 45.1 Å². The fourth-order valence-electron chi connectivity index (χ4n) is 4.79. The first-order valence-electron chi connectivity index (χ1n) is 14.7. The zero-order valence-electron chi connectivity index (χ0n) is 25.6. The van der Waals surface area contributed by atoms with E-state index in [0.717, 1.165) is 49.7 Å². The van der Waals surface area contributed by atoms with Gasteiger partial charge < -0.3 is 10.2 Å². The molecule has 0 bridgehead atoms. The van der Waals surface area contributed by atoms with Gasteiger partial charge in [0.05, 0.1) is 5.41 Å². The highest BCUT2D eigenvalue weighted by Crippen LogP contribution is 2.30. The second-order valence-corrected chi connectivity index (χ2v) is 12.3. The molecule has 2 aliphatic carbocycles. The average Bonchev–Trinajstić information content (AvgIpc) is 2.88. The monoisotopic (exact) mass is 540 g/mol. The van der Waals surface area contributed by atoms with Crippen LogP contribution in [0.3, 0.4) is 0 Å². The van der Waals surface area contributed by atoms with Gasteiger partial charge in [-0.15, -0.1) is 0 Å². The van der Waals surface area contributed by atoms with Crippen LogP contribution in [0.25, 0.3) is 0 Å². The van der Waals surface area contributed by atoms with Crippen LogP contribution in [0.1, 0.15) is 107 Å². The molecule has 0 aromatic rings. The third-order valence-corrected chi connectivity index (χ3v) is 7.42. The second kappa shape index (κ2) is 15.9. The maximum absolute atomic E-state index is 13.1. The van der Waals surface area contributed by atoms with E-state index >= 15 is 0 Å². The molecule has 39 heavy (non-hydrogen) atoms. The van der Waals surface area contributed by atoms with Crippen molar-refractivity contribution < 1.29 is 24.6 Å². The van der Waals surface area contributed by atoms with Gasteiger partial charge in [0.1, 0.15) is 0 Å². The lowest BCUT2D eigenvalue weighted by atomic mass is 9.84. The van der Waals surface area contributed by atoms with Crippen LogP contribution in [0.2, 0.25) is 0 Å². The maximum Gasteiger partial charge on any atom is 0.309 e. The number of hydrogen-bond donors (Lipinski definition) is 2. The zero-order chi connectivity index (χ0) is 29.8. The third kappa shape index (κ3) is 11.2. The molecule has 0 aromatic heterocycles. The lowest BCUT2D eigenvalue weighted by Crippen LogP contribution is -2.23. The predicted molar refractivity (Wildman–Crippen MR) is 160 cm³/mol. The molecule has 218 valence electrons. The number of Topliss-reactive ketones (excluding diaryl/α,β-unsaturated/α-hetero) is 2. The number of hydrogen-bond acceptors (Lipinski definition) is 4. The van der Waals surface area contributed by atoms with Crippen molar-refractivity contribution in [2.75, 3.05) is 6.61 Å². The minimum absolute atomic E-state index is 0.00832. The normalized spacial score (nSPS) is 20.1. The van der Waals surface area contributed by atoms with Crippen molar-refractivity contribution in [1.82, 2.24) is 0 Å². The summed E-state index contributed by atoms with van der Waals surface area (Å²) in [5.74, 6) is -0.498. The highest BCUT2D eigenvalue weighted by atomic mass is 16.4. The summed E-state index contributed by atoms with van der Waals surface area (Å²) in [4.78, 5) is 37.6. The van der Waals surface area contributed by atoms with E-state index in [-0.39, 0.29) is 35.4 Å². The van der Waals surface area contributed by atoms with E-state index in [1.165, 1.54) is 0 Å². The van der Waals surface area contributed by atoms with E-state index < -0.39 is 11.4 Å². The summed E-state index contributed by atoms with van der Waals surface area (Å²) in [7, 11) is 0. The minimum Gasteiger partial charge on any atom is -0.481 e. The van der Waals surface area contributed by atoms with Crippen LogP contribution in [-0.2, 0) is 14.4 Å². The number of rotatable bonds is 14. The van der Waals surface area contributed by atoms with E-state index in [0.29, 0.717) is 24.0 Å². The Balaban J connectivity index is 0.00000371. The van der Waals surface area contributed by atoms with Crippen molar-refractivity contribution >= 4 is 17.5 Å². The predicted octanol–water partition coefficient (Wildman–Crippen LogP) is 7.96. The Morgan fingerprint density at radius 3 is 1.56 bits per heavy atom. The fourth-order valence-corrected chi connectivity index (χ4v) is 4.79. The van der Waals surface area contributed by atoms with Crippen molar-refractivity contribution in [3.05, 3.63) is 58.7 Å². The van der Waals surface area contributed by atoms with E-state index in [9.17, 15) is 24.6 Å². The van der Waals surface area contributed by atoms with E-state index in [1.54, 1.807) is 26.0 Å². The molecule has 0 fully saturated rings. The van der Waals surface area contributed by atoms with Gasteiger partial charge in [-0.05, 0) is 80.8 Å². The molecule has 0 saturated carbocycles. The molecule has 5 heteroatoms. The molecule has 0 radical (unpaired) electrons. The number of carboxylic acid groups (broad SMARTS) is 1. The number of carbonyl (C=O) groups is 3. The van der Waals surface area contributed by atoms with Gasteiger partial charge in [-0.1, -0.05) is 90.8 Å². The molecule has 0 saturated heterocycles. The van der Waals surface area contributed by atoms with E-state index in [4.69, 9.17) is 0 Å². The fraction of sp³-hybridized carbons (Fsp3) is 0.618. The Hall–Kier alpha value is -2.53. The molecule has 5 nitrogen and oxygen atoms in total. The van der Waals surface area contributed by atoms with E-state index in [2.05, 4.69) is 20.8 Å². The molecule has 0 amide bonds. The Bertz CT molecular complexity index is 1020. The van der Waals surface area contributed by atoms with Crippen molar-refractivity contribution in [3.8, 4) is 0 Å². The SMILES string of the molecule is CC.CC1C=C(/C=C\C2=CC(C)C=C(CCCCC(C)(C)C(=O)O)C2=O)C(=O)C(CCCCC(C)(C)CO)=C1. The number of unbranched alkanes of at least 4 members (excludes halogenated alkanes) is 2. The molecule has 2 unspecified atom stereocenters. The van der Waals surface area contributed by atoms with Crippen LogP contribution < -0.4 is 0 Å². The zero-order valence-corrected chi connectivity index (χ0v) is 25.6. The molecule has 2 rings (SSSR count). The number of aliphatic hydroxyl groups excluding tert-OH is 1. The topological polar surface area (TPSA) is 91.7 Å². The van der Waals surface area contributed by atoms with Gasteiger partial charge in [0.15, 0.2) is 11.6 Å². The minimum atomic E-state index is -0.797. The van der Waals surface area contributed by atoms with Crippen LogP contribution in [0, 0.1) is 22.7 Å².